The Morgan fingerprint density at radius 3 is 2.45 bits per heavy atom. The van der Waals surface area contributed by atoms with E-state index in [1.54, 1.807) is 18.5 Å². The third-order valence-electron chi connectivity index (χ3n) is 7.22. The fraction of sp³-hybridized carbons (Fsp3) is 0.444. The molecule has 9 nitrogen and oxygen atoms in total. The number of hydrogen-bond acceptors (Lipinski definition) is 7. The van der Waals surface area contributed by atoms with E-state index in [0.29, 0.717) is 16.8 Å². The maximum atomic E-state index is 14.0. The largest absolute Gasteiger partial charge is 0.433 e. The number of hydrogen-bond donors (Lipinski definition) is 1. The van der Waals surface area contributed by atoms with E-state index in [9.17, 15) is 31.1 Å². The van der Waals surface area contributed by atoms with Crippen LogP contribution in [0.4, 0.5) is 26.3 Å². The van der Waals surface area contributed by atoms with Crippen molar-refractivity contribution in [3.8, 4) is 11.3 Å². The van der Waals surface area contributed by atoms with Gasteiger partial charge in [-0.05, 0) is 55.0 Å². The first kappa shape index (κ1) is 29.6. The maximum Gasteiger partial charge on any atom is 0.433 e. The molecule has 42 heavy (non-hydrogen) atoms. The highest BCUT2D eigenvalue weighted by Gasteiger charge is 2.40. The molecule has 1 N–H and O–H groups in total. The molecule has 1 fully saturated rings. The third-order valence-corrected chi connectivity index (χ3v) is 7.22. The maximum absolute atomic E-state index is 14.0. The van der Waals surface area contributed by atoms with Crippen LogP contribution >= 0.6 is 0 Å². The van der Waals surface area contributed by atoms with Crippen molar-refractivity contribution in [1.29, 1.82) is 0 Å². The van der Waals surface area contributed by atoms with Crippen molar-refractivity contribution in [2.75, 3.05) is 13.7 Å². The van der Waals surface area contributed by atoms with E-state index >= 15 is 0 Å². The summed E-state index contributed by atoms with van der Waals surface area (Å²) in [6, 6.07) is 3.15. The molecule has 1 aliphatic rings. The van der Waals surface area contributed by atoms with E-state index in [2.05, 4.69) is 25.5 Å². The van der Waals surface area contributed by atoms with Gasteiger partial charge in [-0.15, -0.1) is 10.2 Å². The van der Waals surface area contributed by atoms with Crippen LogP contribution in [0.15, 0.2) is 41.7 Å². The number of aromatic nitrogens is 6. The van der Waals surface area contributed by atoms with E-state index in [4.69, 9.17) is 4.74 Å². The fourth-order valence-electron chi connectivity index (χ4n) is 4.88. The van der Waals surface area contributed by atoms with Crippen molar-refractivity contribution in [2.45, 2.75) is 50.7 Å². The topological polar surface area (TPSA) is 99.2 Å². The van der Waals surface area contributed by atoms with Gasteiger partial charge in [-0.25, -0.2) is 9.97 Å². The van der Waals surface area contributed by atoms with Gasteiger partial charge in [0.2, 0.25) is 0 Å². The Morgan fingerprint density at radius 2 is 1.86 bits per heavy atom. The minimum Gasteiger partial charge on any atom is -0.380 e. The van der Waals surface area contributed by atoms with Gasteiger partial charge >= 0.3 is 12.4 Å². The van der Waals surface area contributed by atoms with Gasteiger partial charge in [0.1, 0.15) is 17.8 Å². The Balaban J connectivity index is 1.67. The summed E-state index contributed by atoms with van der Waals surface area (Å²) >= 11 is 0. The molecule has 0 saturated heterocycles. The minimum absolute atomic E-state index is 0.00490. The molecule has 0 radical (unpaired) electrons. The molecule has 224 valence electrons. The molecule has 1 saturated carbocycles. The van der Waals surface area contributed by atoms with Gasteiger partial charge in [0, 0.05) is 45.6 Å². The summed E-state index contributed by atoms with van der Waals surface area (Å²) in [6.07, 6.45) is -4.93. The van der Waals surface area contributed by atoms with Gasteiger partial charge in [0.25, 0.3) is 5.56 Å². The average molecular weight is 596 g/mol. The lowest BCUT2D eigenvalue weighted by atomic mass is 9.92. The van der Waals surface area contributed by atoms with Crippen LogP contribution in [0.25, 0.3) is 16.9 Å². The van der Waals surface area contributed by atoms with Crippen LogP contribution in [0.5, 0.6) is 0 Å². The second kappa shape index (κ2) is 11.1. The number of pyridine rings is 2. The van der Waals surface area contributed by atoms with Crippen LogP contribution in [-0.2, 0) is 30.7 Å². The van der Waals surface area contributed by atoms with Crippen molar-refractivity contribution in [2.24, 2.45) is 13.0 Å². The molecule has 0 bridgehead atoms. The van der Waals surface area contributed by atoms with Crippen molar-refractivity contribution < 1.29 is 31.1 Å². The number of alkyl halides is 6. The zero-order valence-electron chi connectivity index (χ0n) is 22.8. The van der Waals surface area contributed by atoms with E-state index in [1.807, 2.05) is 0 Å². The molecule has 5 rings (SSSR count). The van der Waals surface area contributed by atoms with Crippen LogP contribution in [0, 0.1) is 5.92 Å². The molecule has 15 heteroatoms. The Kier molecular flexibility index (Phi) is 7.83. The molecule has 1 unspecified atom stereocenters. The van der Waals surface area contributed by atoms with Gasteiger partial charge in [-0.1, -0.05) is 0 Å². The van der Waals surface area contributed by atoms with E-state index in [1.165, 1.54) is 25.7 Å². The zero-order chi connectivity index (χ0) is 30.4. The Hall–Kier alpha value is -3.85. The first-order valence-electron chi connectivity index (χ1n) is 13.1. The number of aryl methyl sites for hydroxylation is 1. The SMILES string of the molecule is CO[C@@H](C)CNCc1cc(C(F)(F)F)c2ncc(-c3cc(C(c4nncn4C)C4CC4)cc(C(F)(F)F)n3)c(=O)n2c1. The van der Waals surface area contributed by atoms with Crippen LogP contribution in [0.1, 0.15) is 53.9 Å². The monoisotopic (exact) mass is 595 g/mol. The summed E-state index contributed by atoms with van der Waals surface area (Å²) in [5.74, 6) is -0.100. The molecule has 1 aliphatic carbocycles. The molecule has 0 amide bonds. The third kappa shape index (κ3) is 6.02. The highest BCUT2D eigenvalue weighted by Crippen LogP contribution is 2.47. The summed E-state index contributed by atoms with van der Waals surface area (Å²) < 4.78 is 91.5. The van der Waals surface area contributed by atoms with Crippen molar-refractivity contribution in [3.63, 3.8) is 0 Å². The number of ether oxygens (including phenoxy) is 1. The van der Waals surface area contributed by atoms with Gasteiger partial charge < -0.3 is 14.6 Å². The van der Waals surface area contributed by atoms with Gasteiger partial charge in [0.05, 0.1) is 22.9 Å². The molecule has 0 aliphatic heterocycles. The Labute approximate surface area is 235 Å². The lowest BCUT2D eigenvalue weighted by Gasteiger charge is -2.19. The van der Waals surface area contributed by atoms with Crippen LogP contribution in [0.3, 0.4) is 0 Å². The standard InChI is InChI=1S/C27H27F6N7O2/c1-14(42-3)9-34-10-15-6-19(26(28,29)30)23-35-11-18(25(41)40(23)12-15)20-7-17(8-21(37-20)27(31,32)33)22(16-4-5-16)24-38-36-13-39(24)2/h6-8,11-14,16,22,34H,4-5,9-10H2,1-3H3/t14-,22?/m0/s1. The lowest BCUT2D eigenvalue weighted by molar-refractivity contribution is -0.141. The molecule has 0 aromatic carbocycles. The Morgan fingerprint density at radius 1 is 1.12 bits per heavy atom. The van der Waals surface area contributed by atoms with E-state index < -0.39 is 40.7 Å². The van der Waals surface area contributed by atoms with Crippen LogP contribution in [0.2, 0.25) is 0 Å². The summed E-state index contributed by atoms with van der Waals surface area (Å²) in [6.45, 7) is 2.06. The number of fused-ring (bicyclic) bond motifs is 1. The molecule has 4 aromatic heterocycles. The zero-order valence-corrected chi connectivity index (χ0v) is 22.8. The summed E-state index contributed by atoms with van der Waals surface area (Å²) in [5.41, 5.74) is -4.45. The highest BCUT2D eigenvalue weighted by atomic mass is 19.4. The molecule has 4 heterocycles. The molecular weight excluding hydrogens is 568 g/mol. The molecule has 4 aromatic rings. The quantitative estimate of drug-likeness (QED) is 0.283. The van der Waals surface area contributed by atoms with Gasteiger partial charge in [0.15, 0.2) is 5.65 Å². The minimum atomic E-state index is -4.86. The highest BCUT2D eigenvalue weighted by molar-refractivity contribution is 5.62. The smallest absolute Gasteiger partial charge is 0.380 e. The predicted molar refractivity (Wildman–Crippen MR) is 138 cm³/mol. The van der Waals surface area contributed by atoms with E-state index in [-0.39, 0.29) is 41.0 Å². The summed E-state index contributed by atoms with van der Waals surface area (Å²) in [7, 11) is 3.17. The number of nitrogens with zero attached hydrogens (tertiary/aromatic N) is 6. The van der Waals surface area contributed by atoms with Gasteiger partial charge in [-0.3, -0.25) is 9.20 Å². The summed E-state index contributed by atoms with van der Waals surface area (Å²) in [5, 5.41) is 10.9. The van der Waals surface area contributed by atoms with Gasteiger partial charge in [-0.2, -0.15) is 26.3 Å². The number of nitrogens with one attached hydrogen (secondary N) is 1. The second-order valence-corrected chi connectivity index (χ2v) is 10.4. The average Bonchev–Trinajstić information content (AvgIpc) is 3.67. The summed E-state index contributed by atoms with van der Waals surface area (Å²) in [4.78, 5) is 21.2. The molecule has 0 spiro atoms. The Bertz CT molecular complexity index is 1660. The normalized spacial score (nSPS) is 15.7. The van der Waals surface area contributed by atoms with Crippen LogP contribution in [-0.4, -0.2) is 48.9 Å². The van der Waals surface area contributed by atoms with E-state index in [0.717, 1.165) is 31.2 Å². The van der Waals surface area contributed by atoms with Crippen LogP contribution < -0.4 is 10.9 Å². The fourth-order valence-corrected chi connectivity index (χ4v) is 4.88. The lowest BCUT2D eigenvalue weighted by Crippen LogP contribution is -2.27. The number of halogens is 6. The number of rotatable bonds is 9. The van der Waals surface area contributed by atoms with Crippen molar-refractivity contribution >= 4 is 5.65 Å². The first-order valence-corrected chi connectivity index (χ1v) is 13.1. The molecular formula is C27H27F6N7O2. The first-order chi connectivity index (χ1) is 19.8. The predicted octanol–water partition coefficient (Wildman–Crippen LogP) is 4.59. The number of methoxy groups -OCH3 is 1. The van der Waals surface area contributed by atoms with Crippen molar-refractivity contribution in [1.82, 2.24) is 34.4 Å². The van der Waals surface area contributed by atoms with Crippen molar-refractivity contribution in [3.05, 3.63) is 75.5 Å². The molecule has 2 atom stereocenters. The second-order valence-electron chi connectivity index (χ2n) is 10.4.